The average Bonchev–Trinajstić information content (AvgIpc) is 2.28. The monoisotopic (exact) mass is 217 g/mol. The normalized spacial score (nSPS) is 19.0. The van der Waals surface area contributed by atoms with E-state index in [1.807, 2.05) is 19.1 Å². The van der Waals surface area contributed by atoms with E-state index in [0.29, 0.717) is 6.42 Å². The highest BCUT2D eigenvalue weighted by Gasteiger charge is 2.17. The van der Waals surface area contributed by atoms with Gasteiger partial charge < -0.3 is 5.32 Å². The lowest BCUT2D eigenvalue weighted by Crippen LogP contribution is -2.16. The van der Waals surface area contributed by atoms with Gasteiger partial charge in [-0.2, -0.15) is 0 Å². The molecule has 0 spiro atoms. The summed E-state index contributed by atoms with van der Waals surface area (Å²) in [5.41, 5.74) is 3.78. The van der Waals surface area contributed by atoms with E-state index in [9.17, 15) is 4.79 Å². The molecule has 1 aliphatic rings. The Labute approximate surface area is 97.1 Å². The molecule has 1 aromatic carbocycles. The predicted octanol–water partition coefficient (Wildman–Crippen LogP) is 3.16. The summed E-state index contributed by atoms with van der Waals surface area (Å²) in [6.07, 6.45) is 4.01. The second-order valence-corrected chi connectivity index (χ2v) is 4.69. The maximum atomic E-state index is 11.4. The van der Waals surface area contributed by atoms with Gasteiger partial charge in [0.25, 0.3) is 0 Å². The molecule has 0 saturated carbocycles. The molecule has 0 aliphatic heterocycles. The van der Waals surface area contributed by atoms with E-state index >= 15 is 0 Å². The fourth-order valence-electron chi connectivity index (χ4n) is 2.35. The van der Waals surface area contributed by atoms with Crippen molar-refractivity contribution in [2.75, 3.05) is 5.32 Å². The minimum absolute atomic E-state index is 0.104. The van der Waals surface area contributed by atoms with Crippen molar-refractivity contribution < 1.29 is 4.79 Å². The first-order valence-corrected chi connectivity index (χ1v) is 6.11. The first-order chi connectivity index (χ1) is 7.70. The standard InChI is InChI=1S/C14H19NO/c1-3-14(16)15-13-6-4-5-11-9-10(2)7-8-12(11)13/h4-6,10H,3,7-9H2,1-2H3,(H,15,16). The number of rotatable bonds is 2. The van der Waals surface area contributed by atoms with Crippen molar-refractivity contribution in [2.24, 2.45) is 5.92 Å². The number of carbonyl (C=O) groups excluding carboxylic acids is 1. The molecular formula is C14H19NO. The van der Waals surface area contributed by atoms with Crippen LogP contribution < -0.4 is 5.32 Å². The van der Waals surface area contributed by atoms with Crippen LogP contribution in [0.4, 0.5) is 5.69 Å². The second-order valence-electron chi connectivity index (χ2n) is 4.69. The Morgan fingerprint density at radius 1 is 1.50 bits per heavy atom. The molecule has 1 unspecified atom stereocenters. The third-order valence-corrected chi connectivity index (χ3v) is 3.32. The van der Waals surface area contributed by atoms with Gasteiger partial charge >= 0.3 is 0 Å². The Balaban J connectivity index is 2.26. The molecule has 1 amide bonds. The smallest absolute Gasteiger partial charge is 0.224 e. The molecule has 0 saturated heterocycles. The van der Waals surface area contributed by atoms with Crippen LogP contribution in [0.25, 0.3) is 0 Å². The summed E-state index contributed by atoms with van der Waals surface area (Å²) in [5.74, 6) is 0.872. The zero-order chi connectivity index (χ0) is 11.5. The molecule has 0 heterocycles. The molecule has 86 valence electrons. The molecule has 2 nitrogen and oxygen atoms in total. The van der Waals surface area contributed by atoms with Gasteiger partial charge in [-0.05, 0) is 42.4 Å². The minimum atomic E-state index is 0.104. The molecule has 1 atom stereocenters. The molecular weight excluding hydrogens is 198 g/mol. The lowest BCUT2D eigenvalue weighted by atomic mass is 9.84. The Morgan fingerprint density at radius 3 is 3.06 bits per heavy atom. The van der Waals surface area contributed by atoms with Gasteiger partial charge in [0, 0.05) is 12.1 Å². The molecule has 0 aromatic heterocycles. The highest BCUT2D eigenvalue weighted by molar-refractivity contribution is 5.91. The van der Waals surface area contributed by atoms with Crippen LogP contribution in [-0.2, 0) is 17.6 Å². The molecule has 0 bridgehead atoms. The summed E-state index contributed by atoms with van der Waals surface area (Å²) in [5, 5.41) is 3.00. The molecule has 16 heavy (non-hydrogen) atoms. The lowest BCUT2D eigenvalue weighted by Gasteiger charge is -2.23. The molecule has 1 N–H and O–H groups in total. The van der Waals surface area contributed by atoms with Gasteiger partial charge in [0.05, 0.1) is 0 Å². The van der Waals surface area contributed by atoms with Gasteiger partial charge in [-0.1, -0.05) is 26.0 Å². The highest BCUT2D eigenvalue weighted by Crippen LogP contribution is 2.30. The fraction of sp³-hybridized carbons (Fsp3) is 0.500. The largest absolute Gasteiger partial charge is 0.326 e. The number of carbonyl (C=O) groups is 1. The molecule has 0 fully saturated rings. The maximum Gasteiger partial charge on any atom is 0.224 e. The Morgan fingerprint density at radius 2 is 2.31 bits per heavy atom. The lowest BCUT2D eigenvalue weighted by molar-refractivity contribution is -0.115. The Hall–Kier alpha value is -1.31. The van der Waals surface area contributed by atoms with Crippen molar-refractivity contribution in [3.05, 3.63) is 29.3 Å². The number of anilines is 1. The molecule has 1 aromatic rings. The van der Waals surface area contributed by atoms with Crippen LogP contribution in [0.5, 0.6) is 0 Å². The molecule has 0 radical (unpaired) electrons. The van der Waals surface area contributed by atoms with Gasteiger partial charge in [-0.3, -0.25) is 4.79 Å². The number of hydrogen-bond acceptors (Lipinski definition) is 1. The first kappa shape index (κ1) is 11.2. The quantitative estimate of drug-likeness (QED) is 0.810. The van der Waals surface area contributed by atoms with Crippen LogP contribution in [0.1, 0.15) is 37.8 Å². The summed E-state index contributed by atoms with van der Waals surface area (Å²) >= 11 is 0. The van der Waals surface area contributed by atoms with E-state index in [2.05, 4.69) is 18.3 Å². The van der Waals surface area contributed by atoms with Crippen molar-refractivity contribution >= 4 is 11.6 Å². The zero-order valence-corrected chi connectivity index (χ0v) is 10.0. The summed E-state index contributed by atoms with van der Waals surface area (Å²) in [4.78, 5) is 11.4. The van der Waals surface area contributed by atoms with Crippen molar-refractivity contribution in [1.82, 2.24) is 0 Å². The number of amides is 1. The van der Waals surface area contributed by atoms with E-state index < -0.39 is 0 Å². The Bertz CT molecular complexity index is 398. The van der Waals surface area contributed by atoms with E-state index in [1.54, 1.807) is 0 Å². The predicted molar refractivity (Wildman–Crippen MR) is 66.6 cm³/mol. The molecule has 2 heteroatoms. The average molecular weight is 217 g/mol. The van der Waals surface area contributed by atoms with Crippen molar-refractivity contribution in [3.8, 4) is 0 Å². The van der Waals surface area contributed by atoms with Crippen LogP contribution in [0, 0.1) is 5.92 Å². The molecule has 1 aliphatic carbocycles. The van der Waals surface area contributed by atoms with Crippen molar-refractivity contribution in [3.63, 3.8) is 0 Å². The number of benzene rings is 1. The topological polar surface area (TPSA) is 29.1 Å². The van der Waals surface area contributed by atoms with E-state index in [0.717, 1.165) is 24.4 Å². The highest BCUT2D eigenvalue weighted by atomic mass is 16.1. The zero-order valence-electron chi connectivity index (χ0n) is 10.0. The van der Waals surface area contributed by atoms with Crippen molar-refractivity contribution in [2.45, 2.75) is 39.5 Å². The molecule has 2 rings (SSSR count). The maximum absolute atomic E-state index is 11.4. The summed E-state index contributed by atoms with van der Waals surface area (Å²) in [7, 11) is 0. The van der Waals surface area contributed by atoms with Gasteiger partial charge in [-0.15, -0.1) is 0 Å². The van der Waals surface area contributed by atoms with E-state index in [4.69, 9.17) is 0 Å². The van der Waals surface area contributed by atoms with Gasteiger partial charge in [-0.25, -0.2) is 0 Å². The van der Waals surface area contributed by atoms with Crippen LogP contribution in [0.3, 0.4) is 0 Å². The van der Waals surface area contributed by atoms with E-state index in [-0.39, 0.29) is 5.91 Å². The van der Waals surface area contributed by atoms with Gasteiger partial charge in [0.1, 0.15) is 0 Å². The minimum Gasteiger partial charge on any atom is -0.326 e. The number of hydrogen-bond donors (Lipinski definition) is 1. The van der Waals surface area contributed by atoms with Crippen LogP contribution in [0.15, 0.2) is 18.2 Å². The summed E-state index contributed by atoms with van der Waals surface area (Å²) in [6, 6.07) is 6.25. The van der Waals surface area contributed by atoms with Gasteiger partial charge in [0.2, 0.25) is 5.91 Å². The van der Waals surface area contributed by atoms with Crippen LogP contribution in [-0.4, -0.2) is 5.91 Å². The van der Waals surface area contributed by atoms with Crippen LogP contribution in [0.2, 0.25) is 0 Å². The number of fused-ring (bicyclic) bond motifs is 1. The summed E-state index contributed by atoms with van der Waals surface area (Å²) < 4.78 is 0. The van der Waals surface area contributed by atoms with Gasteiger partial charge in [0.15, 0.2) is 0 Å². The second kappa shape index (κ2) is 4.69. The third kappa shape index (κ3) is 2.26. The van der Waals surface area contributed by atoms with E-state index in [1.165, 1.54) is 17.5 Å². The third-order valence-electron chi connectivity index (χ3n) is 3.32. The van der Waals surface area contributed by atoms with Crippen LogP contribution >= 0.6 is 0 Å². The summed E-state index contributed by atoms with van der Waals surface area (Å²) in [6.45, 7) is 4.17. The fourth-order valence-corrected chi connectivity index (χ4v) is 2.35. The first-order valence-electron chi connectivity index (χ1n) is 6.11. The number of nitrogens with one attached hydrogen (secondary N) is 1. The van der Waals surface area contributed by atoms with Crippen molar-refractivity contribution in [1.29, 1.82) is 0 Å². The Kier molecular flexibility index (Phi) is 3.28. The SMILES string of the molecule is CCC(=O)Nc1cccc2c1CCC(C)C2.